The van der Waals surface area contributed by atoms with Crippen LogP contribution in [0, 0.1) is 11.2 Å². The average Bonchev–Trinajstić information content (AvgIpc) is 3.15. The van der Waals surface area contributed by atoms with Gasteiger partial charge in [-0.25, -0.2) is 14.0 Å². The number of halogens is 1. The molecule has 3 aromatic rings. The maximum absolute atomic E-state index is 15.3. The lowest BCUT2D eigenvalue weighted by molar-refractivity contribution is -0.150. The minimum Gasteiger partial charge on any atom is -0.477 e. The van der Waals surface area contributed by atoms with E-state index in [9.17, 15) is 33.9 Å². The van der Waals surface area contributed by atoms with Gasteiger partial charge in [0, 0.05) is 63.1 Å². The number of aryl methyl sites for hydroxylation is 1. The van der Waals surface area contributed by atoms with Crippen molar-refractivity contribution in [1.29, 1.82) is 0 Å². The first kappa shape index (κ1) is 41.0. The van der Waals surface area contributed by atoms with Gasteiger partial charge in [0.05, 0.1) is 11.2 Å². The summed E-state index contributed by atoms with van der Waals surface area (Å²) in [5.41, 5.74) is 10.2. The van der Waals surface area contributed by atoms with Gasteiger partial charge in [0.2, 0.25) is 23.2 Å². The molecule has 2 aliphatic rings. The standard InChI is InChI=1S/C38H48FN9O8/c1-3-42-34(53)38(12-6-13-38)35(54)45-28(7-5-14-43-36(40)41)32(50)44-24-10-8-23(9-11-24)22-56-37(55)48-17-15-47(16-18-48)30-20-29-25(19-27(30)39)31(49)26(33(51)52)21-46(29)4-2/h8-11,19-21,28H,3-7,12-18,22H2,1-2H3,(H,42,53)(H,44,50)(H,45,54)(H,51,52)(H4,40,41,43). The summed E-state index contributed by atoms with van der Waals surface area (Å²) >= 11 is 0. The lowest BCUT2D eigenvalue weighted by Crippen LogP contribution is -2.58. The topological polar surface area (TPSA) is 244 Å². The number of piperazine rings is 1. The maximum Gasteiger partial charge on any atom is 0.410 e. The highest BCUT2D eigenvalue weighted by Gasteiger charge is 2.51. The van der Waals surface area contributed by atoms with Crippen LogP contribution >= 0.6 is 0 Å². The molecule has 1 atom stereocenters. The molecular formula is C38H48FN9O8. The normalized spacial score (nSPS) is 15.3. The van der Waals surface area contributed by atoms with Crippen LogP contribution in [0.15, 0.2) is 52.4 Å². The molecule has 1 aromatic heterocycles. The number of carboxylic acid groups (broad SMARTS) is 1. The zero-order valence-corrected chi connectivity index (χ0v) is 31.4. The number of hydrogen-bond donors (Lipinski definition) is 6. The highest BCUT2D eigenvalue weighted by atomic mass is 19.1. The van der Waals surface area contributed by atoms with Crippen LogP contribution in [0.5, 0.6) is 0 Å². The second kappa shape index (κ2) is 18.0. The Labute approximate surface area is 322 Å². The van der Waals surface area contributed by atoms with E-state index in [0.29, 0.717) is 49.1 Å². The van der Waals surface area contributed by atoms with Gasteiger partial charge in [0.1, 0.15) is 29.4 Å². The van der Waals surface area contributed by atoms with Crippen LogP contribution in [0.1, 0.15) is 61.9 Å². The number of rotatable bonds is 15. The van der Waals surface area contributed by atoms with Gasteiger partial charge < -0.3 is 51.6 Å². The van der Waals surface area contributed by atoms with Crippen molar-refractivity contribution in [3.8, 4) is 0 Å². The summed E-state index contributed by atoms with van der Waals surface area (Å²) < 4.78 is 22.4. The van der Waals surface area contributed by atoms with E-state index in [-0.39, 0.29) is 68.7 Å². The summed E-state index contributed by atoms with van der Waals surface area (Å²) in [7, 11) is 0. The second-order valence-corrected chi connectivity index (χ2v) is 13.8. The number of guanidine groups is 1. The molecule has 5 rings (SSSR count). The lowest BCUT2D eigenvalue weighted by atomic mass is 9.67. The largest absolute Gasteiger partial charge is 0.477 e. The van der Waals surface area contributed by atoms with Crippen molar-refractivity contribution in [2.75, 3.05) is 49.5 Å². The van der Waals surface area contributed by atoms with E-state index in [1.165, 1.54) is 17.2 Å². The highest BCUT2D eigenvalue weighted by molar-refractivity contribution is 6.08. The number of aliphatic imine (C=N–C) groups is 1. The molecule has 0 spiro atoms. The number of carboxylic acids is 1. The monoisotopic (exact) mass is 777 g/mol. The van der Waals surface area contributed by atoms with E-state index in [1.54, 1.807) is 47.6 Å². The predicted octanol–water partition coefficient (Wildman–Crippen LogP) is 2.10. The minimum absolute atomic E-state index is 0.0223. The number of benzene rings is 2. The van der Waals surface area contributed by atoms with Gasteiger partial charge in [-0.2, -0.15) is 0 Å². The first-order valence-electron chi connectivity index (χ1n) is 18.6. The lowest BCUT2D eigenvalue weighted by Gasteiger charge is -2.39. The molecule has 18 heteroatoms. The van der Waals surface area contributed by atoms with Crippen LogP contribution in [0.2, 0.25) is 0 Å². The third kappa shape index (κ3) is 9.18. The van der Waals surface area contributed by atoms with Gasteiger partial charge >= 0.3 is 12.1 Å². The fourth-order valence-electron chi connectivity index (χ4n) is 6.82. The fraction of sp³-hybridized carbons (Fsp3) is 0.447. The first-order valence-corrected chi connectivity index (χ1v) is 18.6. The highest BCUT2D eigenvalue weighted by Crippen LogP contribution is 2.41. The van der Waals surface area contributed by atoms with Gasteiger partial charge in [0.15, 0.2) is 5.96 Å². The Morgan fingerprint density at radius 1 is 1.02 bits per heavy atom. The summed E-state index contributed by atoms with van der Waals surface area (Å²) in [5, 5.41) is 17.7. The molecule has 0 radical (unpaired) electrons. The zero-order valence-electron chi connectivity index (χ0n) is 31.4. The van der Waals surface area contributed by atoms with E-state index in [4.69, 9.17) is 16.2 Å². The molecule has 17 nitrogen and oxygen atoms in total. The molecule has 1 aliphatic carbocycles. The fourth-order valence-corrected chi connectivity index (χ4v) is 6.82. The smallest absolute Gasteiger partial charge is 0.410 e. The number of nitrogens with two attached hydrogens (primary N) is 2. The average molecular weight is 778 g/mol. The van der Waals surface area contributed by atoms with Crippen LogP contribution in [0.4, 0.5) is 20.6 Å². The number of nitrogens with zero attached hydrogens (tertiary/aromatic N) is 4. The van der Waals surface area contributed by atoms with Crippen LogP contribution in [-0.2, 0) is 32.3 Å². The maximum atomic E-state index is 15.3. The van der Waals surface area contributed by atoms with E-state index in [1.807, 2.05) is 0 Å². The van der Waals surface area contributed by atoms with Crippen molar-refractivity contribution in [3.05, 3.63) is 69.8 Å². The number of aromatic nitrogens is 1. The number of aromatic carboxylic acids is 1. The Hall–Kier alpha value is -6.20. The molecule has 300 valence electrons. The Morgan fingerprint density at radius 2 is 1.71 bits per heavy atom. The van der Waals surface area contributed by atoms with Gasteiger partial charge in [-0.3, -0.25) is 24.2 Å². The molecule has 56 heavy (non-hydrogen) atoms. The summed E-state index contributed by atoms with van der Waals surface area (Å²) in [6, 6.07) is 8.28. The van der Waals surface area contributed by atoms with Gasteiger partial charge in [0.25, 0.3) is 0 Å². The number of ether oxygens (including phenoxy) is 1. The van der Waals surface area contributed by atoms with Crippen molar-refractivity contribution >= 4 is 58.0 Å². The SMILES string of the molecule is CCNC(=O)C1(C(=O)NC(CCCN=C(N)N)C(=O)Nc2ccc(COC(=O)N3CCN(c4cc5c(cc4F)c(=O)c(C(=O)O)cn5CC)CC3)cc2)CCC1. The summed E-state index contributed by atoms with van der Waals surface area (Å²) in [4.78, 5) is 83.9. The third-order valence-corrected chi connectivity index (χ3v) is 10.2. The number of anilines is 2. The molecule has 1 saturated heterocycles. The van der Waals surface area contributed by atoms with E-state index in [0.717, 1.165) is 12.5 Å². The molecule has 8 N–H and O–H groups in total. The van der Waals surface area contributed by atoms with Gasteiger partial charge in [-0.05, 0) is 69.4 Å². The number of nitrogens with one attached hydrogen (secondary N) is 3. The number of fused-ring (bicyclic) bond motifs is 1. The number of amides is 4. The van der Waals surface area contributed by atoms with E-state index >= 15 is 4.39 Å². The number of pyridine rings is 1. The van der Waals surface area contributed by atoms with Crippen LogP contribution in [0.3, 0.4) is 0 Å². The second-order valence-electron chi connectivity index (χ2n) is 13.8. The van der Waals surface area contributed by atoms with Crippen molar-refractivity contribution in [3.63, 3.8) is 0 Å². The van der Waals surface area contributed by atoms with E-state index < -0.39 is 52.1 Å². The Morgan fingerprint density at radius 3 is 2.30 bits per heavy atom. The van der Waals surface area contributed by atoms with Crippen molar-refractivity contribution < 1.29 is 38.2 Å². The van der Waals surface area contributed by atoms with E-state index in [2.05, 4.69) is 20.9 Å². The Balaban J connectivity index is 1.15. The van der Waals surface area contributed by atoms with Crippen molar-refractivity contribution in [2.24, 2.45) is 21.9 Å². The van der Waals surface area contributed by atoms with Crippen LogP contribution in [-0.4, -0.2) is 95.6 Å². The molecule has 1 saturated carbocycles. The molecular weight excluding hydrogens is 729 g/mol. The molecule has 4 amide bonds. The van der Waals surface area contributed by atoms with Crippen LogP contribution < -0.4 is 37.7 Å². The Kier molecular flexibility index (Phi) is 13.1. The number of carbonyl (C=O) groups is 5. The summed E-state index contributed by atoms with van der Waals surface area (Å²) in [6.07, 6.45) is 2.82. The molecule has 1 unspecified atom stereocenters. The quantitative estimate of drug-likeness (QED) is 0.0565. The molecule has 0 bridgehead atoms. The number of carbonyl (C=O) groups excluding carboxylic acids is 4. The molecule has 2 heterocycles. The Bertz CT molecular complexity index is 2050. The molecule has 2 fully saturated rings. The molecule has 1 aliphatic heterocycles. The predicted molar refractivity (Wildman–Crippen MR) is 207 cm³/mol. The van der Waals surface area contributed by atoms with Crippen LogP contribution in [0.25, 0.3) is 10.9 Å². The summed E-state index contributed by atoms with van der Waals surface area (Å²) in [6.45, 7) is 5.57. The van der Waals surface area contributed by atoms with Crippen molar-refractivity contribution in [2.45, 2.75) is 65.1 Å². The summed E-state index contributed by atoms with van der Waals surface area (Å²) in [5.74, 6) is -3.48. The van der Waals surface area contributed by atoms with Crippen molar-refractivity contribution in [1.82, 2.24) is 20.1 Å². The van der Waals surface area contributed by atoms with Gasteiger partial charge in [-0.1, -0.05) is 18.6 Å². The minimum atomic E-state index is -1.38. The molecule has 2 aromatic carbocycles. The number of hydrogen-bond acceptors (Lipinski definition) is 9. The third-order valence-electron chi connectivity index (χ3n) is 10.2. The van der Waals surface area contributed by atoms with Gasteiger partial charge in [-0.15, -0.1) is 0 Å². The first-order chi connectivity index (χ1) is 26.8. The zero-order chi connectivity index (χ0) is 40.6.